The summed E-state index contributed by atoms with van der Waals surface area (Å²) >= 11 is 0. The lowest BCUT2D eigenvalue weighted by Crippen LogP contribution is -2.44. The molecule has 1 aliphatic carbocycles. The fourth-order valence-corrected chi connectivity index (χ4v) is 2.30. The Bertz CT molecular complexity index is 512. The number of esters is 1. The van der Waals surface area contributed by atoms with Crippen LogP contribution in [0.2, 0.25) is 0 Å². The Morgan fingerprint density at radius 2 is 1.90 bits per heavy atom. The van der Waals surface area contributed by atoms with Crippen LogP contribution in [0.3, 0.4) is 0 Å². The largest absolute Gasteiger partial charge is 0.469 e. The summed E-state index contributed by atoms with van der Waals surface area (Å²) in [5.74, 6) is -0.669. The van der Waals surface area contributed by atoms with Crippen molar-refractivity contribution in [1.82, 2.24) is 5.32 Å². The summed E-state index contributed by atoms with van der Waals surface area (Å²) in [5, 5.41) is 2.74. The molecule has 0 aromatic heterocycles. The van der Waals surface area contributed by atoms with Crippen LogP contribution in [0, 0.1) is 5.92 Å². The Hall–Kier alpha value is -2.30. The summed E-state index contributed by atoms with van der Waals surface area (Å²) < 4.78 is 9.93. The second kappa shape index (κ2) is 7.47. The molecule has 2 atom stereocenters. The number of rotatable bonds is 4. The van der Waals surface area contributed by atoms with E-state index in [0.717, 1.165) is 5.56 Å². The Kier molecular flexibility index (Phi) is 5.37. The Labute approximate surface area is 123 Å². The predicted molar refractivity (Wildman–Crippen MR) is 77.4 cm³/mol. The maximum absolute atomic E-state index is 11.8. The first-order valence-electron chi connectivity index (χ1n) is 6.90. The molecule has 2 unspecified atom stereocenters. The van der Waals surface area contributed by atoms with Crippen molar-refractivity contribution in [3.8, 4) is 0 Å². The molecule has 21 heavy (non-hydrogen) atoms. The van der Waals surface area contributed by atoms with Crippen LogP contribution in [-0.2, 0) is 20.9 Å². The molecule has 112 valence electrons. The van der Waals surface area contributed by atoms with Crippen LogP contribution in [-0.4, -0.2) is 25.2 Å². The van der Waals surface area contributed by atoms with Crippen LogP contribution in [0.5, 0.6) is 0 Å². The van der Waals surface area contributed by atoms with E-state index in [9.17, 15) is 9.59 Å². The molecule has 0 heterocycles. The normalized spacial score (nSPS) is 20.6. The maximum atomic E-state index is 11.8. The standard InChI is InChI=1S/C16H19NO4/c1-20-15(18)13-9-5-6-10-14(13)17-16(19)21-11-12-7-3-2-4-8-12/h2-8,13-14H,9-11H2,1H3,(H,17,19). The Morgan fingerprint density at radius 1 is 1.19 bits per heavy atom. The first kappa shape index (κ1) is 15.1. The highest BCUT2D eigenvalue weighted by atomic mass is 16.5. The van der Waals surface area contributed by atoms with Gasteiger partial charge in [0.15, 0.2) is 0 Å². The van der Waals surface area contributed by atoms with Crippen molar-refractivity contribution in [2.24, 2.45) is 5.92 Å². The topological polar surface area (TPSA) is 64.6 Å². The molecule has 5 heteroatoms. The molecule has 1 amide bonds. The minimum Gasteiger partial charge on any atom is -0.469 e. The molecule has 0 saturated carbocycles. The Morgan fingerprint density at radius 3 is 2.62 bits per heavy atom. The summed E-state index contributed by atoms with van der Waals surface area (Å²) in [6, 6.07) is 9.15. The number of hydrogen-bond donors (Lipinski definition) is 1. The van der Waals surface area contributed by atoms with Gasteiger partial charge in [-0.3, -0.25) is 4.79 Å². The third kappa shape index (κ3) is 4.34. The number of ether oxygens (including phenoxy) is 2. The number of hydrogen-bond acceptors (Lipinski definition) is 4. The number of amides is 1. The summed E-state index contributed by atoms with van der Waals surface area (Å²) in [5.41, 5.74) is 0.917. The molecule has 1 aromatic rings. The smallest absolute Gasteiger partial charge is 0.407 e. The van der Waals surface area contributed by atoms with Crippen LogP contribution in [0.1, 0.15) is 18.4 Å². The van der Waals surface area contributed by atoms with Gasteiger partial charge in [0.05, 0.1) is 13.0 Å². The van der Waals surface area contributed by atoms with Crippen molar-refractivity contribution in [2.75, 3.05) is 7.11 Å². The van der Waals surface area contributed by atoms with Gasteiger partial charge in [0.2, 0.25) is 0 Å². The van der Waals surface area contributed by atoms with E-state index < -0.39 is 6.09 Å². The summed E-state index contributed by atoms with van der Waals surface area (Å²) in [6.07, 6.45) is 4.51. The van der Waals surface area contributed by atoms with Gasteiger partial charge in [-0.15, -0.1) is 0 Å². The number of carbonyl (C=O) groups is 2. The van der Waals surface area contributed by atoms with Gasteiger partial charge in [-0.2, -0.15) is 0 Å². The van der Waals surface area contributed by atoms with Crippen LogP contribution in [0.25, 0.3) is 0 Å². The van der Waals surface area contributed by atoms with Crippen molar-refractivity contribution in [3.63, 3.8) is 0 Å². The molecule has 0 fully saturated rings. The molecule has 0 aliphatic heterocycles. The highest BCUT2D eigenvalue weighted by Gasteiger charge is 2.31. The predicted octanol–water partition coefficient (Wildman–Crippen LogP) is 2.42. The monoisotopic (exact) mass is 289 g/mol. The van der Waals surface area contributed by atoms with Crippen LogP contribution < -0.4 is 5.32 Å². The minimum absolute atomic E-state index is 0.206. The van der Waals surface area contributed by atoms with Crippen molar-refractivity contribution in [1.29, 1.82) is 0 Å². The molecule has 0 radical (unpaired) electrons. The molecular weight excluding hydrogens is 270 g/mol. The molecule has 0 bridgehead atoms. The molecule has 1 aromatic carbocycles. The van der Waals surface area contributed by atoms with E-state index in [1.54, 1.807) is 0 Å². The molecule has 1 N–H and O–H groups in total. The second-order valence-corrected chi connectivity index (χ2v) is 4.89. The average Bonchev–Trinajstić information content (AvgIpc) is 2.54. The third-order valence-corrected chi connectivity index (χ3v) is 3.45. The lowest BCUT2D eigenvalue weighted by Gasteiger charge is -2.26. The highest BCUT2D eigenvalue weighted by molar-refractivity contribution is 5.75. The van der Waals surface area contributed by atoms with E-state index in [1.807, 2.05) is 42.5 Å². The van der Waals surface area contributed by atoms with Crippen LogP contribution >= 0.6 is 0 Å². The zero-order valence-corrected chi connectivity index (χ0v) is 12.0. The summed E-state index contributed by atoms with van der Waals surface area (Å²) in [7, 11) is 1.35. The maximum Gasteiger partial charge on any atom is 0.407 e. The molecular formula is C16H19NO4. The van der Waals surface area contributed by atoms with Gasteiger partial charge in [-0.1, -0.05) is 42.5 Å². The van der Waals surface area contributed by atoms with Gasteiger partial charge in [-0.25, -0.2) is 4.79 Å². The zero-order valence-electron chi connectivity index (χ0n) is 12.0. The van der Waals surface area contributed by atoms with Gasteiger partial charge in [0, 0.05) is 6.04 Å². The number of methoxy groups -OCH3 is 1. The van der Waals surface area contributed by atoms with Gasteiger partial charge < -0.3 is 14.8 Å². The number of carbonyl (C=O) groups excluding carboxylic acids is 2. The fourth-order valence-electron chi connectivity index (χ4n) is 2.30. The Balaban J connectivity index is 1.86. The van der Waals surface area contributed by atoms with Crippen molar-refractivity contribution in [3.05, 3.63) is 48.0 Å². The number of nitrogens with one attached hydrogen (secondary N) is 1. The average molecular weight is 289 g/mol. The van der Waals surface area contributed by atoms with Gasteiger partial charge >= 0.3 is 12.1 Å². The van der Waals surface area contributed by atoms with E-state index in [-0.39, 0.29) is 24.5 Å². The van der Waals surface area contributed by atoms with E-state index in [2.05, 4.69) is 5.32 Å². The SMILES string of the molecule is COC(=O)C1CC=CCC1NC(=O)OCc1ccccc1. The van der Waals surface area contributed by atoms with E-state index in [4.69, 9.17) is 9.47 Å². The lowest BCUT2D eigenvalue weighted by atomic mass is 9.89. The molecule has 2 rings (SSSR count). The number of alkyl carbamates (subject to hydrolysis) is 1. The molecule has 0 spiro atoms. The number of benzene rings is 1. The molecule has 1 aliphatic rings. The zero-order chi connectivity index (χ0) is 15.1. The van der Waals surface area contributed by atoms with Crippen LogP contribution in [0.4, 0.5) is 4.79 Å². The van der Waals surface area contributed by atoms with E-state index >= 15 is 0 Å². The summed E-state index contributed by atoms with van der Waals surface area (Å²) in [6.45, 7) is 0.206. The van der Waals surface area contributed by atoms with Gasteiger partial charge in [0.1, 0.15) is 6.61 Å². The van der Waals surface area contributed by atoms with E-state index in [1.165, 1.54) is 7.11 Å². The van der Waals surface area contributed by atoms with Crippen molar-refractivity contribution in [2.45, 2.75) is 25.5 Å². The highest BCUT2D eigenvalue weighted by Crippen LogP contribution is 2.20. The fraction of sp³-hybridized carbons (Fsp3) is 0.375. The minimum atomic E-state index is -0.520. The quantitative estimate of drug-likeness (QED) is 0.683. The van der Waals surface area contributed by atoms with E-state index in [0.29, 0.717) is 12.8 Å². The van der Waals surface area contributed by atoms with Gasteiger partial charge in [0.25, 0.3) is 0 Å². The van der Waals surface area contributed by atoms with Crippen molar-refractivity contribution >= 4 is 12.1 Å². The first-order chi connectivity index (χ1) is 10.2. The number of allylic oxidation sites excluding steroid dienone is 1. The molecule has 5 nitrogen and oxygen atoms in total. The molecule has 0 saturated heterocycles. The van der Waals surface area contributed by atoms with Gasteiger partial charge in [-0.05, 0) is 18.4 Å². The third-order valence-electron chi connectivity index (χ3n) is 3.45. The second-order valence-electron chi connectivity index (χ2n) is 4.89. The lowest BCUT2D eigenvalue weighted by molar-refractivity contribution is -0.146. The first-order valence-corrected chi connectivity index (χ1v) is 6.90. The van der Waals surface area contributed by atoms with Crippen LogP contribution in [0.15, 0.2) is 42.5 Å². The summed E-state index contributed by atoms with van der Waals surface area (Å²) in [4.78, 5) is 23.5. The van der Waals surface area contributed by atoms with Crippen molar-refractivity contribution < 1.29 is 19.1 Å².